The highest BCUT2D eigenvalue weighted by molar-refractivity contribution is 5.75. The van der Waals surface area contributed by atoms with Crippen LogP contribution in [0.25, 0.3) is 5.52 Å². The Morgan fingerprint density at radius 1 is 1.30 bits per heavy atom. The SMILES string of the molecule is CC(C)CC(=O)O/C=C1\[C@@H](O)[C@H](c2ccc3c(N)ncnn23)O[C@@H]1COC(=O)[C@@H](N)C(C)C. The van der Waals surface area contributed by atoms with Gasteiger partial charge in [0.05, 0.1) is 12.0 Å². The van der Waals surface area contributed by atoms with Crippen molar-refractivity contribution in [2.45, 2.75) is 58.5 Å². The van der Waals surface area contributed by atoms with Crippen molar-refractivity contribution in [3.8, 4) is 0 Å². The topological polar surface area (TPSA) is 164 Å². The Morgan fingerprint density at radius 2 is 2.03 bits per heavy atom. The van der Waals surface area contributed by atoms with Crippen LogP contribution < -0.4 is 11.5 Å². The van der Waals surface area contributed by atoms with E-state index in [9.17, 15) is 14.7 Å². The zero-order valence-electron chi connectivity index (χ0n) is 19.2. The predicted octanol–water partition coefficient (Wildman–Crippen LogP) is 1.11. The van der Waals surface area contributed by atoms with Crippen LogP contribution in [0.1, 0.15) is 45.9 Å². The van der Waals surface area contributed by atoms with E-state index >= 15 is 0 Å². The van der Waals surface area contributed by atoms with Crippen molar-refractivity contribution in [1.82, 2.24) is 14.6 Å². The molecular formula is C22H31N5O6. The summed E-state index contributed by atoms with van der Waals surface area (Å²) < 4.78 is 18.1. The first-order valence-corrected chi connectivity index (χ1v) is 10.8. The van der Waals surface area contributed by atoms with Gasteiger partial charge in [-0.05, 0) is 24.0 Å². The number of fused-ring (bicyclic) bond motifs is 1. The van der Waals surface area contributed by atoms with Gasteiger partial charge in [-0.2, -0.15) is 5.10 Å². The monoisotopic (exact) mass is 461 g/mol. The molecule has 33 heavy (non-hydrogen) atoms. The maximum atomic E-state index is 12.2. The number of anilines is 1. The van der Waals surface area contributed by atoms with Gasteiger partial charge in [0.25, 0.3) is 0 Å². The smallest absolute Gasteiger partial charge is 0.323 e. The number of ether oxygens (including phenoxy) is 3. The van der Waals surface area contributed by atoms with Crippen LogP contribution >= 0.6 is 0 Å². The Balaban J connectivity index is 1.85. The Kier molecular flexibility index (Phi) is 7.67. The fourth-order valence-electron chi connectivity index (χ4n) is 3.44. The minimum atomic E-state index is -1.19. The molecule has 1 saturated heterocycles. The lowest BCUT2D eigenvalue weighted by atomic mass is 10.0. The molecule has 0 unspecified atom stereocenters. The number of esters is 2. The van der Waals surface area contributed by atoms with Crippen molar-refractivity contribution in [1.29, 1.82) is 0 Å². The van der Waals surface area contributed by atoms with Crippen molar-refractivity contribution in [2.24, 2.45) is 17.6 Å². The summed E-state index contributed by atoms with van der Waals surface area (Å²) in [6.45, 7) is 7.19. The zero-order chi connectivity index (χ0) is 24.3. The molecule has 4 atom stereocenters. The van der Waals surface area contributed by atoms with Gasteiger partial charge in [0.2, 0.25) is 0 Å². The Labute approximate surface area is 191 Å². The number of aliphatic hydroxyl groups excluding tert-OH is 1. The summed E-state index contributed by atoms with van der Waals surface area (Å²) >= 11 is 0. The number of rotatable bonds is 8. The van der Waals surface area contributed by atoms with Crippen LogP contribution in [0, 0.1) is 11.8 Å². The maximum Gasteiger partial charge on any atom is 0.323 e. The van der Waals surface area contributed by atoms with Crippen molar-refractivity contribution < 1.29 is 28.9 Å². The van der Waals surface area contributed by atoms with E-state index < -0.39 is 36.3 Å². The molecule has 0 radical (unpaired) electrons. The number of carbonyl (C=O) groups is 2. The summed E-state index contributed by atoms with van der Waals surface area (Å²) in [6.07, 6.45) is -0.232. The van der Waals surface area contributed by atoms with E-state index in [1.165, 1.54) is 17.1 Å². The molecule has 0 spiro atoms. The third-order valence-electron chi connectivity index (χ3n) is 5.38. The Morgan fingerprint density at radius 3 is 2.70 bits per heavy atom. The Hall–Kier alpha value is -3.02. The van der Waals surface area contributed by atoms with Crippen LogP contribution in [0.15, 0.2) is 30.3 Å². The van der Waals surface area contributed by atoms with Gasteiger partial charge in [-0.1, -0.05) is 27.7 Å². The van der Waals surface area contributed by atoms with E-state index in [-0.39, 0.29) is 36.3 Å². The van der Waals surface area contributed by atoms with Crippen molar-refractivity contribution >= 4 is 23.3 Å². The summed E-state index contributed by atoms with van der Waals surface area (Å²) in [6, 6.07) is 2.62. The van der Waals surface area contributed by atoms with Gasteiger partial charge >= 0.3 is 11.9 Å². The molecule has 2 aromatic heterocycles. The number of aliphatic hydroxyl groups is 1. The first-order chi connectivity index (χ1) is 15.6. The number of hydrogen-bond donors (Lipinski definition) is 3. The lowest BCUT2D eigenvalue weighted by Gasteiger charge is -2.17. The first-order valence-electron chi connectivity index (χ1n) is 10.8. The molecule has 0 aliphatic carbocycles. The van der Waals surface area contributed by atoms with Gasteiger partial charge in [-0.15, -0.1) is 0 Å². The van der Waals surface area contributed by atoms with Crippen molar-refractivity contribution in [2.75, 3.05) is 12.3 Å². The molecular weight excluding hydrogens is 430 g/mol. The highest BCUT2D eigenvalue weighted by Gasteiger charge is 2.42. The summed E-state index contributed by atoms with van der Waals surface area (Å²) in [7, 11) is 0. The van der Waals surface area contributed by atoms with E-state index in [1.807, 2.05) is 27.7 Å². The predicted molar refractivity (Wildman–Crippen MR) is 118 cm³/mol. The molecule has 0 bridgehead atoms. The number of nitrogen functional groups attached to an aromatic ring is 1. The largest absolute Gasteiger partial charge is 0.461 e. The fraction of sp³-hybridized carbons (Fsp3) is 0.545. The molecule has 11 heteroatoms. The normalized spacial score (nSPS) is 22.9. The van der Waals surface area contributed by atoms with E-state index in [1.54, 1.807) is 12.1 Å². The maximum absolute atomic E-state index is 12.2. The molecule has 0 aromatic carbocycles. The lowest BCUT2D eigenvalue weighted by Crippen LogP contribution is -2.38. The van der Waals surface area contributed by atoms with Gasteiger partial charge in [0, 0.05) is 12.0 Å². The third-order valence-corrected chi connectivity index (χ3v) is 5.38. The summed E-state index contributed by atoms with van der Waals surface area (Å²) in [5, 5.41) is 15.2. The van der Waals surface area contributed by atoms with E-state index in [0.29, 0.717) is 11.2 Å². The van der Waals surface area contributed by atoms with E-state index in [2.05, 4.69) is 10.1 Å². The highest BCUT2D eigenvalue weighted by Crippen LogP contribution is 2.38. The average molecular weight is 462 g/mol. The number of nitrogens with two attached hydrogens (primary N) is 2. The van der Waals surface area contributed by atoms with Crippen LogP contribution in [0.4, 0.5) is 5.82 Å². The molecule has 0 saturated carbocycles. The number of hydrogen-bond acceptors (Lipinski definition) is 10. The van der Waals surface area contributed by atoms with Crippen LogP contribution in [-0.4, -0.2) is 56.5 Å². The third kappa shape index (κ3) is 5.49. The number of carbonyl (C=O) groups excluding carboxylic acids is 2. The van der Waals surface area contributed by atoms with Gasteiger partial charge in [0.1, 0.15) is 42.8 Å². The molecule has 2 aromatic rings. The molecule has 1 fully saturated rings. The minimum absolute atomic E-state index is 0.107. The minimum Gasteiger partial charge on any atom is -0.461 e. The van der Waals surface area contributed by atoms with E-state index in [0.717, 1.165) is 0 Å². The number of aromatic nitrogens is 3. The van der Waals surface area contributed by atoms with Gasteiger partial charge in [-0.25, -0.2) is 9.50 Å². The molecule has 1 aliphatic heterocycles. The van der Waals surface area contributed by atoms with Crippen LogP contribution in [0.3, 0.4) is 0 Å². The molecule has 180 valence electrons. The average Bonchev–Trinajstić information content (AvgIpc) is 3.31. The molecule has 3 heterocycles. The quantitative estimate of drug-likeness (QED) is 0.383. The summed E-state index contributed by atoms with van der Waals surface area (Å²) in [5.41, 5.74) is 13.1. The molecule has 1 aliphatic rings. The molecule has 11 nitrogen and oxygen atoms in total. The van der Waals surface area contributed by atoms with Gasteiger partial charge in [-0.3, -0.25) is 9.59 Å². The number of nitrogens with zero attached hydrogens (tertiary/aromatic N) is 3. The summed E-state index contributed by atoms with van der Waals surface area (Å²) in [4.78, 5) is 28.2. The molecule has 3 rings (SSSR count). The van der Waals surface area contributed by atoms with Gasteiger partial charge < -0.3 is 30.8 Å². The first kappa shape index (κ1) is 24.6. The molecule has 5 N–H and O–H groups in total. The van der Waals surface area contributed by atoms with Crippen LogP contribution in [0.5, 0.6) is 0 Å². The van der Waals surface area contributed by atoms with Crippen molar-refractivity contribution in [3.63, 3.8) is 0 Å². The highest BCUT2D eigenvalue weighted by atomic mass is 16.6. The lowest BCUT2D eigenvalue weighted by molar-refractivity contribution is -0.150. The second kappa shape index (κ2) is 10.3. The zero-order valence-corrected chi connectivity index (χ0v) is 19.2. The summed E-state index contributed by atoms with van der Waals surface area (Å²) in [5.74, 6) is -0.754. The van der Waals surface area contributed by atoms with Crippen LogP contribution in [-0.2, 0) is 23.8 Å². The van der Waals surface area contributed by atoms with Crippen LogP contribution in [0.2, 0.25) is 0 Å². The second-order valence-electron chi connectivity index (χ2n) is 8.80. The van der Waals surface area contributed by atoms with Gasteiger partial charge in [0.15, 0.2) is 5.82 Å². The van der Waals surface area contributed by atoms with Crippen molar-refractivity contribution in [3.05, 3.63) is 36.0 Å². The molecule has 0 amide bonds. The van der Waals surface area contributed by atoms with E-state index in [4.69, 9.17) is 25.7 Å². The second-order valence-corrected chi connectivity index (χ2v) is 8.80. The standard InChI is InChI=1S/C22H31N5O6/c1-11(2)7-17(28)31-8-13-16(9-32-22(30)18(23)12(3)4)33-20(19(13)29)14-5-6-15-21(24)25-10-26-27(14)15/h5-6,8,10-12,16,18-20,29H,7,9,23H2,1-4H3,(H2,24,25,26)/b13-8-/t16-,18+,19-,20+/m1/s1. The fourth-order valence-corrected chi connectivity index (χ4v) is 3.44. The Bertz CT molecular complexity index is 1030.